The van der Waals surface area contributed by atoms with Crippen molar-refractivity contribution >= 4 is 0 Å². The second-order valence-electron chi connectivity index (χ2n) is 1.39. The van der Waals surface area contributed by atoms with Gasteiger partial charge in [-0.3, -0.25) is 0 Å². The molecule has 0 amide bonds. The van der Waals surface area contributed by atoms with E-state index in [2.05, 4.69) is 20.8 Å². The molecule has 0 unspecified atom stereocenters. The molecule has 7 heavy (non-hydrogen) atoms. The van der Waals surface area contributed by atoms with Crippen LogP contribution in [0.15, 0.2) is 0 Å². The topological polar surface area (TPSA) is 0 Å². The van der Waals surface area contributed by atoms with Crippen LogP contribution in [0.25, 0.3) is 0 Å². The van der Waals surface area contributed by atoms with Crippen LogP contribution >= 0.6 is 0 Å². The van der Waals surface area contributed by atoms with E-state index in [1.165, 1.54) is 0 Å². The maximum atomic E-state index is 3.64. The summed E-state index contributed by atoms with van der Waals surface area (Å²) in [5.74, 6) is 0.583. The average molecular weight is 324 g/mol. The number of hydrogen-bond donors (Lipinski definition) is 0. The van der Waals surface area contributed by atoms with E-state index in [0.717, 1.165) is 0 Å². The van der Waals surface area contributed by atoms with E-state index in [0.29, 0.717) is 5.92 Å². The van der Waals surface area contributed by atoms with E-state index in [4.69, 9.17) is 0 Å². The van der Waals surface area contributed by atoms with Crippen molar-refractivity contribution in [1.29, 1.82) is 0 Å². The molecule has 0 atom stereocenters. The molecule has 0 nitrogen and oxygen atoms in total. The molecule has 0 aliphatic rings. The Morgan fingerprint density at radius 1 is 1.00 bits per heavy atom. The summed E-state index contributed by atoms with van der Waals surface area (Å²) in [7, 11) is 0. The first-order valence-corrected chi connectivity index (χ1v) is 1.56. The van der Waals surface area contributed by atoms with Gasteiger partial charge >= 0.3 is 0 Å². The van der Waals surface area contributed by atoms with Gasteiger partial charge in [0.1, 0.15) is 0 Å². The monoisotopic (exact) mass is 324 g/mol. The van der Waals surface area contributed by atoms with Gasteiger partial charge in [0.25, 0.3) is 0 Å². The van der Waals surface area contributed by atoms with E-state index in [1.54, 1.807) is 0 Å². The van der Waals surface area contributed by atoms with Crippen LogP contribution in [0.1, 0.15) is 13.8 Å². The SMILES string of the molecule is [CH2-]C(C)C.[Y].[Y].[Y]. The Bertz CT molecular complexity index is 11.7. The minimum atomic E-state index is 0. The van der Waals surface area contributed by atoms with Gasteiger partial charge in [-0.25, -0.2) is 0 Å². The zero-order valence-electron chi connectivity index (χ0n) is 5.02. The molecule has 35 valence electrons. The van der Waals surface area contributed by atoms with Crippen LogP contribution in [0, 0.1) is 12.8 Å². The fraction of sp³-hybridized carbons (Fsp3) is 0.750. The average Bonchev–Trinajstić information content (AvgIpc) is 0.811. The number of hydrogen-bond acceptors (Lipinski definition) is 0. The van der Waals surface area contributed by atoms with Gasteiger partial charge in [0.15, 0.2) is 0 Å². The van der Waals surface area contributed by atoms with Crippen LogP contribution in [-0.2, 0) is 98.1 Å². The molecule has 3 radical (unpaired) electrons. The van der Waals surface area contributed by atoms with Gasteiger partial charge in [-0.1, -0.05) is 13.8 Å². The molecule has 0 aromatic rings. The number of rotatable bonds is 0. The molecule has 0 spiro atoms. The van der Waals surface area contributed by atoms with Crippen LogP contribution in [0.4, 0.5) is 0 Å². The third-order valence-corrected chi connectivity index (χ3v) is 0. The van der Waals surface area contributed by atoms with E-state index < -0.39 is 0 Å². The predicted octanol–water partition coefficient (Wildman–Crippen LogP) is 1.47. The van der Waals surface area contributed by atoms with Crippen molar-refractivity contribution in [2.24, 2.45) is 5.92 Å². The van der Waals surface area contributed by atoms with Crippen LogP contribution in [0.5, 0.6) is 0 Å². The van der Waals surface area contributed by atoms with Gasteiger partial charge in [0.05, 0.1) is 0 Å². The van der Waals surface area contributed by atoms with Crippen LogP contribution in [-0.4, -0.2) is 0 Å². The van der Waals surface area contributed by atoms with Crippen molar-refractivity contribution in [3.8, 4) is 0 Å². The largest absolute Gasteiger partial charge is 0.341 e. The molecular formula is C4H9Y3-. The zero-order valence-corrected chi connectivity index (χ0v) is 13.5. The maximum Gasteiger partial charge on any atom is 0 e. The zero-order chi connectivity index (χ0) is 3.58. The van der Waals surface area contributed by atoms with E-state index >= 15 is 0 Å². The van der Waals surface area contributed by atoms with E-state index in [-0.39, 0.29) is 98.1 Å². The Kier molecular flexibility index (Phi) is 51.8. The summed E-state index contributed by atoms with van der Waals surface area (Å²) < 4.78 is 0. The standard InChI is InChI=1S/C4H9.3Y/c1-4(2)3;;;/h4H,1H2,2-3H3;;;/q-1;;;. The van der Waals surface area contributed by atoms with Gasteiger partial charge in [-0.15, -0.1) is 0 Å². The smallest absolute Gasteiger partial charge is 0 e. The molecule has 0 fully saturated rings. The fourth-order valence-corrected chi connectivity index (χ4v) is 0. The summed E-state index contributed by atoms with van der Waals surface area (Å²) in [6, 6.07) is 0. The Balaban J connectivity index is -0.0000000150. The van der Waals surface area contributed by atoms with Crippen LogP contribution in [0.3, 0.4) is 0 Å². The molecule has 0 heterocycles. The van der Waals surface area contributed by atoms with Gasteiger partial charge in [0.2, 0.25) is 0 Å². The molecule has 3 heteroatoms. The molecule has 0 rings (SSSR count). The summed E-state index contributed by atoms with van der Waals surface area (Å²) in [5.41, 5.74) is 0. The summed E-state index contributed by atoms with van der Waals surface area (Å²) >= 11 is 0. The van der Waals surface area contributed by atoms with Gasteiger partial charge in [-0.2, -0.15) is 5.92 Å². The van der Waals surface area contributed by atoms with Gasteiger partial charge in [-0.05, 0) is 0 Å². The molecule has 0 bridgehead atoms. The van der Waals surface area contributed by atoms with Gasteiger partial charge < -0.3 is 6.92 Å². The molecule has 0 saturated heterocycles. The van der Waals surface area contributed by atoms with Crippen LogP contribution in [0.2, 0.25) is 0 Å². The first-order valence-electron chi connectivity index (χ1n) is 1.56. The van der Waals surface area contributed by atoms with E-state index in [1.807, 2.05) is 0 Å². The van der Waals surface area contributed by atoms with Crippen molar-refractivity contribution in [3.05, 3.63) is 6.92 Å². The third kappa shape index (κ3) is 45.4. The Morgan fingerprint density at radius 2 is 1.00 bits per heavy atom. The first kappa shape index (κ1) is 22.4. The van der Waals surface area contributed by atoms with Gasteiger partial charge in [0, 0.05) is 98.1 Å². The summed E-state index contributed by atoms with van der Waals surface area (Å²) in [4.78, 5) is 0. The quantitative estimate of drug-likeness (QED) is 0.592. The predicted molar refractivity (Wildman–Crippen MR) is 20.2 cm³/mol. The maximum absolute atomic E-state index is 3.64. The van der Waals surface area contributed by atoms with Crippen molar-refractivity contribution in [3.63, 3.8) is 0 Å². The second kappa shape index (κ2) is 16.1. The fourth-order valence-electron chi connectivity index (χ4n) is 0. The summed E-state index contributed by atoms with van der Waals surface area (Å²) in [6.07, 6.45) is 0. The molecule has 0 aliphatic carbocycles. The molecule has 0 saturated carbocycles. The molecule has 0 aromatic heterocycles. The molecule has 0 N–H and O–H groups in total. The minimum Gasteiger partial charge on any atom is -0.341 e. The van der Waals surface area contributed by atoms with Crippen molar-refractivity contribution < 1.29 is 98.1 Å². The summed E-state index contributed by atoms with van der Waals surface area (Å²) in [6.45, 7) is 7.75. The Labute approximate surface area is 122 Å². The normalized spacial score (nSPS) is 5.14. The Morgan fingerprint density at radius 3 is 1.00 bits per heavy atom. The van der Waals surface area contributed by atoms with Crippen molar-refractivity contribution in [2.75, 3.05) is 0 Å². The molecular weight excluding hydrogens is 315 g/mol. The van der Waals surface area contributed by atoms with Crippen LogP contribution < -0.4 is 0 Å². The molecule has 0 aliphatic heterocycles. The minimum absolute atomic E-state index is 0. The van der Waals surface area contributed by atoms with Crippen molar-refractivity contribution in [2.45, 2.75) is 13.8 Å². The third-order valence-electron chi connectivity index (χ3n) is 0. The second-order valence-corrected chi connectivity index (χ2v) is 1.39. The summed E-state index contributed by atoms with van der Waals surface area (Å²) in [5, 5.41) is 0. The first-order chi connectivity index (χ1) is 1.73. The van der Waals surface area contributed by atoms with E-state index in [9.17, 15) is 0 Å². The molecule has 0 aromatic carbocycles. The Hall–Kier alpha value is 3.31. The van der Waals surface area contributed by atoms with Crippen molar-refractivity contribution in [1.82, 2.24) is 0 Å².